The van der Waals surface area contributed by atoms with E-state index in [1.165, 1.54) is 10.9 Å². The highest BCUT2D eigenvalue weighted by Crippen LogP contribution is 2.24. The molecule has 0 saturated carbocycles. The van der Waals surface area contributed by atoms with E-state index in [9.17, 15) is 9.59 Å². The minimum atomic E-state index is -0.327. The molecule has 2 aromatic heterocycles. The van der Waals surface area contributed by atoms with Crippen molar-refractivity contribution in [1.82, 2.24) is 19.8 Å². The Morgan fingerprint density at radius 1 is 1.40 bits per heavy atom. The molecule has 0 spiro atoms. The van der Waals surface area contributed by atoms with E-state index in [2.05, 4.69) is 10.3 Å². The third-order valence-electron chi connectivity index (χ3n) is 4.48. The summed E-state index contributed by atoms with van der Waals surface area (Å²) < 4.78 is 6.96. The summed E-state index contributed by atoms with van der Waals surface area (Å²) in [6.45, 7) is 4.15. The molecular weight excluding hydrogens is 344 g/mol. The molecule has 0 radical (unpaired) electrons. The first kappa shape index (κ1) is 17.4. The summed E-state index contributed by atoms with van der Waals surface area (Å²) in [5, 5.41) is 4.05. The minimum Gasteiger partial charge on any atom is -0.448 e. The number of para-hydroxylation sites is 1. The molecule has 7 nitrogen and oxygen atoms in total. The van der Waals surface area contributed by atoms with Crippen LogP contribution in [-0.2, 0) is 11.3 Å². The number of rotatable bonds is 2. The van der Waals surface area contributed by atoms with Crippen LogP contribution in [-0.4, -0.2) is 46.0 Å². The fourth-order valence-corrected chi connectivity index (χ4v) is 3.18. The van der Waals surface area contributed by atoms with Crippen molar-refractivity contribution in [3.63, 3.8) is 0 Å². The molecule has 0 aliphatic carbocycles. The maximum Gasteiger partial charge on any atom is 0.297 e. The third-order valence-corrected chi connectivity index (χ3v) is 4.48. The van der Waals surface area contributed by atoms with E-state index in [1.807, 2.05) is 25.1 Å². The third kappa shape index (κ3) is 3.01. The summed E-state index contributed by atoms with van der Waals surface area (Å²) in [4.78, 5) is 31.3. The number of halogens is 1. The Kier molecular flexibility index (Phi) is 4.78. The molecule has 1 aromatic carbocycles. The van der Waals surface area contributed by atoms with Crippen LogP contribution < -0.4 is 10.9 Å². The van der Waals surface area contributed by atoms with Crippen LogP contribution in [0.5, 0.6) is 0 Å². The number of hydrogen-bond donors (Lipinski definition) is 1. The summed E-state index contributed by atoms with van der Waals surface area (Å²) in [5.74, 6) is -0.0802. The maximum atomic E-state index is 12.6. The fraction of sp³-hybridized carbons (Fsp3) is 0.353. The van der Waals surface area contributed by atoms with Gasteiger partial charge in [-0.1, -0.05) is 12.1 Å². The molecule has 1 atom stereocenters. The van der Waals surface area contributed by atoms with Gasteiger partial charge in [0.1, 0.15) is 17.6 Å². The van der Waals surface area contributed by atoms with Crippen LogP contribution in [0.4, 0.5) is 0 Å². The standard InChI is InChI=1S/C17H18N4O3.ClH/c1-11-8-18-6-7-21(11)14(22)9-20-10-19-15-12-4-2-3-5-13(12)24-16(15)17(20)23;/h2-5,10-11,18H,6-9H2,1H3;1H. The van der Waals surface area contributed by atoms with Gasteiger partial charge < -0.3 is 14.6 Å². The van der Waals surface area contributed by atoms with E-state index in [0.717, 1.165) is 18.5 Å². The number of carbonyl (C=O) groups excluding carboxylic acids is 1. The number of piperazine rings is 1. The molecule has 1 saturated heterocycles. The second-order valence-electron chi connectivity index (χ2n) is 6.09. The number of carbonyl (C=O) groups is 1. The highest BCUT2D eigenvalue weighted by Gasteiger charge is 2.24. The Labute approximate surface area is 150 Å². The first-order valence-corrected chi connectivity index (χ1v) is 8.02. The number of nitrogens with one attached hydrogen (secondary N) is 1. The van der Waals surface area contributed by atoms with Crippen molar-refractivity contribution >= 4 is 40.4 Å². The van der Waals surface area contributed by atoms with Gasteiger partial charge in [0.25, 0.3) is 5.56 Å². The van der Waals surface area contributed by atoms with Crippen molar-refractivity contribution in [3.8, 4) is 0 Å². The predicted octanol–water partition coefficient (Wildman–Crippen LogP) is 1.38. The minimum absolute atomic E-state index is 0. The number of nitrogens with zero attached hydrogens (tertiary/aromatic N) is 3. The van der Waals surface area contributed by atoms with Crippen LogP contribution in [0.25, 0.3) is 22.1 Å². The average molecular weight is 363 g/mol. The lowest BCUT2D eigenvalue weighted by Gasteiger charge is -2.34. The lowest BCUT2D eigenvalue weighted by Crippen LogP contribution is -2.53. The van der Waals surface area contributed by atoms with Crippen molar-refractivity contribution in [3.05, 3.63) is 40.9 Å². The van der Waals surface area contributed by atoms with Crippen molar-refractivity contribution in [2.75, 3.05) is 19.6 Å². The van der Waals surface area contributed by atoms with Gasteiger partial charge in [-0.05, 0) is 19.1 Å². The van der Waals surface area contributed by atoms with Crippen LogP contribution in [0.2, 0.25) is 0 Å². The second kappa shape index (κ2) is 6.85. The molecule has 1 aliphatic heterocycles. The summed E-state index contributed by atoms with van der Waals surface area (Å²) in [6, 6.07) is 7.50. The lowest BCUT2D eigenvalue weighted by atomic mass is 10.2. The molecule has 4 rings (SSSR count). The van der Waals surface area contributed by atoms with E-state index in [1.54, 1.807) is 11.0 Å². The van der Waals surface area contributed by atoms with Crippen molar-refractivity contribution in [1.29, 1.82) is 0 Å². The summed E-state index contributed by atoms with van der Waals surface area (Å²) in [6.07, 6.45) is 1.43. The van der Waals surface area contributed by atoms with Gasteiger partial charge in [0.05, 0.1) is 6.33 Å². The van der Waals surface area contributed by atoms with E-state index in [4.69, 9.17) is 4.42 Å². The molecule has 8 heteroatoms. The Bertz CT molecular complexity index is 981. The molecule has 1 amide bonds. The summed E-state index contributed by atoms with van der Waals surface area (Å²) >= 11 is 0. The van der Waals surface area contributed by atoms with Crippen LogP contribution in [0, 0.1) is 0 Å². The number of amides is 1. The van der Waals surface area contributed by atoms with Gasteiger partial charge in [-0.25, -0.2) is 4.98 Å². The topological polar surface area (TPSA) is 80.4 Å². The number of hydrogen-bond acceptors (Lipinski definition) is 5. The number of aromatic nitrogens is 2. The largest absolute Gasteiger partial charge is 0.448 e. The van der Waals surface area contributed by atoms with Crippen LogP contribution in [0.3, 0.4) is 0 Å². The quantitative estimate of drug-likeness (QED) is 0.745. The summed E-state index contributed by atoms with van der Waals surface area (Å²) in [7, 11) is 0. The van der Waals surface area contributed by atoms with Crippen LogP contribution >= 0.6 is 12.4 Å². The number of fused-ring (bicyclic) bond motifs is 3. The van der Waals surface area contributed by atoms with Gasteiger partial charge in [-0.3, -0.25) is 14.2 Å². The van der Waals surface area contributed by atoms with Gasteiger partial charge in [0.2, 0.25) is 11.5 Å². The zero-order valence-electron chi connectivity index (χ0n) is 13.8. The zero-order chi connectivity index (χ0) is 16.7. The van der Waals surface area contributed by atoms with Gasteiger partial charge in [-0.2, -0.15) is 0 Å². The van der Waals surface area contributed by atoms with Crippen LogP contribution in [0.15, 0.2) is 39.8 Å². The molecule has 25 heavy (non-hydrogen) atoms. The molecule has 1 unspecified atom stereocenters. The fourth-order valence-electron chi connectivity index (χ4n) is 3.18. The SMILES string of the molecule is CC1CNCCN1C(=O)Cn1cnc2c(oc3ccccc32)c1=O.Cl. The first-order valence-electron chi connectivity index (χ1n) is 8.02. The molecule has 1 aliphatic rings. The van der Waals surface area contributed by atoms with Gasteiger partial charge in [0.15, 0.2) is 0 Å². The van der Waals surface area contributed by atoms with E-state index in [0.29, 0.717) is 17.6 Å². The highest BCUT2D eigenvalue weighted by molar-refractivity contribution is 6.01. The molecule has 1 N–H and O–H groups in total. The highest BCUT2D eigenvalue weighted by atomic mass is 35.5. The first-order chi connectivity index (χ1) is 11.6. The zero-order valence-corrected chi connectivity index (χ0v) is 14.6. The average Bonchev–Trinajstić information content (AvgIpc) is 2.97. The number of benzene rings is 1. The number of furan rings is 1. The summed E-state index contributed by atoms with van der Waals surface area (Å²) in [5.41, 5.74) is 1.03. The molecule has 132 valence electrons. The van der Waals surface area contributed by atoms with E-state index >= 15 is 0 Å². The van der Waals surface area contributed by atoms with Gasteiger partial charge >= 0.3 is 0 Å². The normalized spacial score (nSPS) is 17.6. The lowest BCUT2D eigenvalue weighted by molar-refractivity contribution is -0.134. The van der Waals surface area contributed by atoms with Gasteiger partial charge in [0, 0.05) is 31.1 Å². The second-order valence-corrected chi connectivity index (χ2v) is 6.09. The Morgan fingerprint density at radius 3 is 3.00 bits per heavy atom. The van der Waals surface area contributed by atoms with E-state index in [-0.39, 0.29) is 42.0 Å². The molecule has 3 aromatic rings. The van der Waals surface area contributed by atoms with Gasteiger partial charge in [-0.15, -0.1) is 12.4 Å². The van der Waals surface area contributed by atoms with E-state index < -0.39 is 0 Å². The monoisotopic (exact) mass is 362 g/mol. The molecule has 1 fully saturated rings. The van der Waals surface area contributed by atoms with Crippen molar-refractivity contribution < 1.29 is 9.21 Å². The van der Waals surface area contributed by atoms with Crippen LogP contribution in [0.1, 0.15) is 6.92 Å². The van der Waals surface area contributed by atoms with Crippen molar-refractivity contribution in [2.24, 2.45) is 0 Å². The molecular formula is C17H19ClN4O3. The van der Waals surface area contributed by atoms with Crippen molar-refractivity contribution in [2.45, 2.75) is 19.5 Å². The Hall–Kier alpha value is -2.38. The Morgan fingerprint density at radius 2 is 2.20 bits per heavy atom. The predicted molar refractivity (Wildman–Crippen MR) is 97.1 cm³/mol. The molecule has 3 heterocycles. The Balaban J connectivity index is 0.00000182. The smallest absolute Gasteiger partial charge is 0.297 e. The molecule has 0 bridgehead atoms. The maximum absolute atomic E-state index is 12.6.